The minimum Gasteiger partial charge on any atom is -0.388 e. The molecule has 6 heteroatoms. The lowest BCUT2D eigenvalue weighted by Crippen LogP contribution is -2.55. The number of halogens is 1. The number of rotatable bonds is 4. The lowest BCUT2D eigenvalue weighted by atomic mass is 9.71. The van der Waals surface area contributed by atoms with E-state index in [1.807, 2.05) is 13.0 Å². The number of hydrogen-bond donors (Lipinski definition) is 4. The summed E-state index contributed by atoms with van der Waals surface area (Å²) < 4.78 is 13.9. The number of anilines is 1. The molecule has 1 fully saturated rings. The number of nitrogens with two attached hydrogens (primary N) is 1. The summed E-state index contributed by atoms with van der Waals surface area (Å²) in [4.78, 5) is 12.2. The van der Waals surface area contributed by atoms with Crippen LogP contribution >= 0.6 is 0 Å². The van der Waals surface area contributed by atoms with Gasteiger partial charge in [-0.15, -0.1) is 0 Å². The average Bonchev–Trinajstić information content (AvgIpc) is 2.85. The summed E-state index contributed by atoms with van der Waals surface area (Å²) in [6.45, 7) is 2.60. The highest BCUT2D eigenvalue weighted by Crippen LogP contribution is 2.36. The van der Waals surface area contributed by atoms with Crippen LogP contribution in [-0.4, -0.2) is 35.7 Å². The Kier molecular flexibility index (Phi) is 3.82. The van der Waals surface area contributed by atoms with Crippen LogP contribution in [-0.2, 0) is 11.2 Å². The first-order valence-electron chi connectivity index (χ1n) is 7.66. The van der Waals surface area contributed by atoms with Crippen molar-refractivity contribution in [3.63, 3.8) is 0 Å². The van der Waals surface area contributed by atoms with E-state index >= 15 is 0 Å². The van der Waals surface area contributed by atoms with Crippen molar-refractivity contribution in [3.8, 4) is 0 Å². The molecule has 1 aromatic carbocycles. The van der Waals surface area contributed by atoms with Crippen LogP contribution in [0.1, 0.15) is 24.0 Å². The van der Waals surface area contributed by atoms with E-state index in [1.54, 1.807) is 0 Å². The fourth-order valence-corrected chi connectivity index (χ4v) is 3.41. The number of carbonyl (C=O) groups is 1. The summed E-state index contributed by atoms with van der Waals surface area (Å²) in [5, 5.41) is 16.0. The van der Waals surface area contributed by atoms with Gasteiger partial charge in [0.25, 0.3) is 0 Å². The molecule has 1 aliphatic carbocycles. The van der Waals surface area contributed by atoms with Gasteiger partial charge >= 0.3 is 0 Å². The van der Waals surface area contributed by atoms with Gasteiger partial charge in [-0.25, -0.2) is 4.39 Å². The molecule has 1 aromatic rings. The van der Waals surface area contributed by atoms with Gasteiger partial charge in [-0.1, -0.05) is 0 Å². The zero-order chi connectivity index (χ0) is 15.9. The number of hydrogen-bond acceptors (Lipinski definition) is 4. The second-order valence-corrected chi connectivity index (χ2v) is 6.63. The van der Waals surface area contributed by atoms with Crippen molar-refractivity contribution in [1.82, 2.24) is 5.32 Å². The normalized spacial score (nSPS) is 29.5. The van der Waals surface area contributed by atoms with Crippen LogP contribution in [0.3, 0.4) is 0 Å². The molecule has 0 radical (unpaired) electrons. The standard InChI is InChI=1S/C16H22FN3O2/c1-9-2-12(17)11-4-14(20-13(11)3-9)15(21)19-8-16(22)5-10(6-16)7-18/h2-3,10,14,20,22H,4-8,18H2,1H3,(H,19,21). The lowest BCUT2D eigenvalue weighted by molar-refractivity contribution is -0.125. The van der Waals surface area contributed by atoms with E-state index in [1.165, 1.54) is 6.07 Å². The molecule has 5 N–H and O–H groups in total. The van der Waals surface area contributed by atoms with Crippen molar-refractivity contribution in [2.45, 2.75) is 37.8 Å². The van der Waals surface area contributed by atoms with E-state index in [4.69, 9.17) is 5.73 Å². The number of amides is 1. The van der Waals surface area contributed by atoms with Crippen LogP contribution in [0.5, 0.6) is 0 Å². The van der Waals surface area contributed by atoms with Gasteiger partial charge in [0.1, 0.15) is 11.9 Å². The van der Waals surface area contributed by atoms with Crippen LogP contribution in [0.15, 0.2) is 12.1 Å². The Morgan fingerprint density at radius 1 is 1.55 bits per heavy atom. The molecule has 0 spiro atoms. The summed E-state index contributed by atoms with van der Waals surface area (Å²) in [6, 6.07) is 2.84. The van der Waals surface area contributed by atoms with Gasteiger partial charge in [0.2, 0.25) is 5.91 Å². The number of nitrogens with one attached hydrogen (secondary N) is 2. The molecule has 120 valence electrons. The third-order valence-electron chi connectivity index (χ3n) is 4.66. The zero-order valence-corrected chi connectivity index (χ0v) is 12.7. The Labute approximate surface area is 129 Å². The highest BCUT2D eigenvalue weighted by molar-refractivity contribution is 5.87. The lowest BCUT2D eigenvalue weighted by Gasteiger charge is -2.43. The van der Waals surface area contributed by atoms with E-state index in [0.29, 0.717) is 43.0 Å². The van der Waals surface area contributed by atoms with Gasteiger partial charge in [-0.3, -0.25) is 4.79 Å². The van der Waals surface area contributed by atoms with Crippen LogP contribution in [0, 0.1) is 18.7 Å². The fourth-order valence-electron chi connectivity index (χ4n) is 3.41. The third kappa shape index (κ3) is 2.80. The summed E-state index contributed by atoms with van der Waals surface area (Å²) in [5.41, 5.74) is 6.76. The van der Waals surface area contributed by atoms with Crippen LogP contribution in [0.25, 0.3) is 0 Å². The number of benzene rings is 1. The van der Waals surface area contributed by atoms with Crippen molar-refractivity contribution < 1.29 is 14.3 Å². The number of fused-ring (bicyclic) bond motifs is 1. The van der Waals surface area contributed by atoms with Crippen molar-refractivity contribution >= 4 is 11.6 Å². The van der Waals surface area contributed by atoms with Gasteiger partial charge in [-0.2, -0.15) is 0 Å². The SMILES string of the molecule is Cc1cc(F)c2c(c1)NC(C(=O)NCC1(O)CC(CN)C1)C2. The predicted octanol–water partition coefficient (Wildman–Crippen LogP) is 0.687. The highest BCUT2D eigenvalue weighted by atomic mass is 19.1. The van der Waals surface area contributed by atoms with Crippen molar-refractivity contribution in [2.24, 2.45) is 11.7 Å². The fraction of sp³-hybridized carbons (Fsp3) is 0.562. The Bertz CT molecular complexity index is 599. The number of carbonyl (C=O) groups excluding carboxylic acids is 1. The van der Waals surface area contributed by atoms with Gasteiger partial charge in [0, 0.05) is 24.2 Å². The van der Waals surface area contributed by atoms with E-state index in [9.17, 15) is 14.3 Å². The summed E-state index contributed by atoms with van der Waals surface area (Å²) in [6.07, 6.45) is 1.57. The van der Waals surface area contributed by atoms with Crippen molar-refractivity contribution in [2.75, 3.05) is 18.4 Å². The van der Waals surface area contributed by atoms with Gasteiger partial charge in [0.15, 0.2) is 0 Å². The maximum Gasteiger partial charge on any atom is 0.242 e. The largest absolute Gasteiger partial charge is 0.388 e. The van der Waals surface area contributed by atoms with Crippen LogP contribution in [0.4, 0.5) is 10.1 Å². The zero-order valence-electron chi connectivity index (χ0n) is 12.7. The maximum absolute atomic E-state index is 13.9. The summed E-state index contributed by atoms with van der Waals surface area (Å²) in [5.74, 6) is -0.146. The van der Waals surface area contributed by atoms with E-state index in [0.717, 1.165) is 5.56 Å². The minimum absolute atomic E-state index is 0.210. The molecule has 5 nitrogen and oxygen atoms in total. The summed E-state index contributed by atoms with van der Waals surface area (Å²) in [7, 11) is 0. The van der Waals surface area contributed by atoms with Gasteiger partial charge in [-0.05, 0) is 49.9 Å². The maximum atomic E-state index is 13.9. The molecule has 2 aliphatic rings. The van der Waals surface area contributed by atoms with E-state index in [-0.39, 0.29) is 18.3 Å². The molecular weight excluding hydrogens is 285 g/mol. The monoisotopic (exact) mass is 307 g/mol. The topological polar surface area (TPSA) is 87.4 Å². The second-order valence-electron chi connectivity index (χ2n) is 6.63. The average molecular weight is 307 g/mol. The molecular formula is C16H22FN3O2. The minimum atomic E-state index is -0.840. The Morgan fingerprint density at radius 3 is 2.95 bits per heavy atom. The third-order valence-corrected chi connectivity index (χ3v) is 4.66. The quantitative estimate of drug-likeness (QED) is 0.659. The van der Waals surface area contributed by atoms with Crippen LogP contribution in [0.2, 0.25) is 0 Å². The highest BCUT2D eigenvalue weighted by Gasteiger charge is 2.42. The second kappa shape index (κ2) is 5.52. The first-order valence-corrected chi connectivity index (χ1v) is 7.66. The molecule has 22 heavy (non-hydrogen) atoms. The van der Waals surface area contributed by atoms with E-state index in [2.05, 4.69) is 10.6 Å². The smallest absolute Gasteiger partial charge is 0.242 e. The first kappa shape index (κ1) is 15.2. The predicted molar refractivity (Wildman–Crippen MR) is 82.0 cm³/mol. The van der Waals surface area contributed by atoms with E-state index < -0.39 is 11.6 Å². The molecule has 1 unspecified atom stereocenters. The Balaban J connectivity index is 1.56. The van der Waals surface area contributed by atoms with Crippen molar-refractivity contribution in [1.29, 1.82) is 0 Å². The Hall–Kier alpha value is -1.66. The first-order chi connectivity index (χ1) is 10.4. The molecule has 0 saturated heterocycles. The molecule has 3 rings (SSSR count). The molecule has 1 saturated carbocycles. The number of aliphatic hydroxyl groups is 1. The molecule has 1 amide bonds. The number of aryl methyl sites for hydroxylation is 1. The van der Waals surface area contributed by atoms with Crippen LogP contribution < -0.4 is 16.4 Å². The van der Waals surface area contributed by atoms with Gasteiger partial charge in [0.05, 0.1) is 5.60 Å². The summed E-state index contributed by atoms with van der Waals surface area (Å²) >= 11 is 0. The van der Waals surface area contributed by atoms with Crippen molar-refractivity contribution in [3.05, 3.63) is 29.1 Å². The Morgan fingerprint density at radius 2 is 2.27 bits per heavy atom. The molecule has 0 aromatic heterocycles. The van der Waals surface area contributed by atoms with Gasteiger partial charge < -0.3 is 21.5 Å². The molecule has 1 aliphatic heterocycles. The molecule has 1 atom stereocenters. The molecule has 0 bridgehead atoms. The molecule has 1 heterocycles.